The summed E-state index contributed by atoms with van der Waals surface area (Å²) < 4.78 is 10.9. The van der Waals surface area contributed by atoms with Gasteiger partial charge in [-0.1, -0.05) is 12.2 Å². The highest BCUT2D eigenvalue weighted by Crippen LogP contribution is 2.30. The van der Waals surface area contributed by atoms with Crippen molar-refractivity contribution in [2.45, 2.75) is 64.6 Å². The van der Waals surface area contributed by atoms with Crippen LogP contribution in [0.3, 0.4) is 0 Å². The third-order valence-corrected chi connectivity index (χ3v) is 4.43. The monoisotopic (exact) mass is 336 g/mol. The molecule has 2 aliphatic heterocycles. The second kappa shape index (κ2) is 8.72. The van der Waals surface area contributed by atoms with Crippen LogP contribution >= 0.6 is 0 Å². The van der Waals surface area contributed by atoms with Crippen molar-refractivity contribution in [3.63, 3.8) is 0 Å². The minimum atomic E-state index is -0.110. The summed E-state index contributed by atoms with van der Waals surface area (Å²) in [5.74, 6) is 0.710. The normalized spacial score (nSPS) is 27.0. The lowest BCUT2D eigenvalue weighted by Gasteiger charge is -2.15. The molecule has 2 fully saturated rings. The Balaban J connectivity index is 0.000000240. The molecule has 136 valence electrons. The van der Waals surface area contributed by atoms with E-state index < -0.39 is 0 Å². The topological polar surface area (TPSA) is 52.6 Å². The number of ketones is 2. The molecule has 2 rings (SSSR count). The maximum absolute atomic E-state index is 11.4. The summed E-state index contributed by atoms with van der Waals surface area (Å²) in [5, 5.41) is 0. The third kappa shape index (κ3) is 6.70. The Morgan fingerprint density at radius 3 is 1.42 bits per heavy atom. The van der Waals surface area contributed by atoms with Crippen molar-refractivity contribution < 1.29 is 19.1 Å². The van der Waals surface area contributed by atoms with Crippen LogP contribution in [-0.2, 0) is 19.1 Å². The van der Waals surface area contributed by atoms with E-state index in [9.17, 15) is 9.59 Å². The predicted molar refractivity (Wildman–Crippen MR) is 95.9 cm³/mol. The maximum Gasteiger partial charge on any atom is 0.142 e. The van der Waals surface area contributed by atoms with E-state index in [1.54, 1.807) is 12.2 Å². The number of carbonyl (C=O) groups is 2. The average Bonchev–Trinajstić information content (AvgIpc) is 3.02. The summed E-state index contributed by atoms with van der Waals surface area (Å²) in [6.45, 7) is 16.3. The second-order valence-electron chi connectivity index (χ2n) is 7.86. The summed E-state index contributed by atoms with van der Waals surface area (Å²) in [6, 6.07) is 0. The molecule has 1 unspecified atom stereocenters. The van der Waals surface area contributed by atoms with Crippen LogP contribution in [0, 0.1) is 11.8 Å². The zero-order valence-electron chi connectivity index (χ0n) is 15.6. The summed E-state index contributed by atoms with van der Waals surface area (Å²) in [7, 11) is 0. The standard InChI is InChI=1S/2C10H16O2/c2*1-4-5-9(11)8-6-10(2,3)12-7-8/h2*4,8H,1,5-7H2,2-3H3/t8-;/m1./s1. The fourth-order valence-corrected chi connectivity index (χ4v) is 3.11. The Bertz CT molecular complexity index is 432. The van der Waals surface area contributed by atoms with Crippen LogP contribution in [0.15, 0.2) is 25.3 Å². The van der Waals surface area contributed by atoms with Crippen LogP contribution in [0.5, 0.6) is 0 Å². The van der Waals surface area contributed by atoms with Gasteiger partial charge < -0.3 is 9.47 Å². The molecule has 0 bridgehead atoms. The minimum absolute atomic E-state index is 0.0954. The van der Waals surface area contributed by atoms with Crippen molar-refractivity contribution in [2.24, 2.45) is 11.8 Å². The number of allylic oxidation sites excluding steroid dienone is 2. The molecule has 0 aromatic rings. The molecule has 2 aliphatic rings. The van der Waals surface area contributed by atoms with Crippen LogP contribution in [0.2, 0.25) is 0 Å². The zero-order chi connectivity index (χ0) is 18.4. The highest BCUT2D eigenvalue weighted by atomic mass is 16.5. The van der Waals surface area contributed by atoms with Crippen LogP contribution in [0.4, 0.5) is 0 Å². The zero-order valence-corrected chi connectivity index (χ0v) is 15.6. The number of carbonyl (C=O) groups excluding carboxylic acids is 2. The first-order valence-corrected chi connectivity index (χ1v) is 8.65. The van der Waals surface area contributed by atoms with Crippen LogP contribution in [0.25, 0.3) is 0 Å². The third-order valence-electron chi connectivity index (χ3n) is 4.43. The lowest BCUT2D eigenvalue weighted by molar-refractivity contribution is -0.122. The van der Waals surface area contributed by atoms with Gasteiger partial charge in [0.15, 0.2) is 0 Å². The first-order chi connectivity index (χ1) is 11.1. The van der Waals surface area contributed by atoms with Gasteiger partial charge in [0.05, 0.1) is 24.4 Å². The van der Waals surface area contributed by atoms with E-state index in [-0.39, 0.29) is 34.6 Å². The van der Waals surface area contributed by atoms with Gasteiger partial charge in [-0.25, -0.2) is 0 Å². The molecule has 0 saturated carbocycles. The van der Waals surface area contributed by atoms with Gasteiger partial charge in [0.2, 0.25) is 0 Å². The molecule has 0 amide bonds. The fraction of sp³-hybridized carbons (Fsp3) is 0.700. The molecule has 0 aromatic carbocycles. The first-order valence-electron chi connectivity index (χ1n) is 8.65. The Morgan fingerprint density at radius 1 is 0.875 bits per heavy atom. The Kier molecular flexibility index (Phi) is 7.56. The van der Waals surface area contributed by atoms with E-state index in [1.807, 2.05) is 27.7 Å². The molecule has 0 radical (unpaired) electrons. The van der Waals surface area contributed by atoms with Gasteiger partial charge in [-0.3, -0.25) is 9.59 Å². The van der Waals surface area contributed by atoms with Crippen LogP contribution < -0.4 is 0 Å². The number of hydrogen-bond acceptors (Lipinski definition) is 4. The van der Waals surface area contributed by atoms with Crippen LogP contribution in [0.1, 0.15) is 53.4 Å². The quantitative estimate of drug-likeness (QED) is 0.691. The van der Waals surface area contributed by atoms with Crippen molar-refractivity contribution in [3.8, 4) is 0 Å². The van der Waals surface area contributed by atoms with Gasteiger partial charge >= 0.3 is 0 Å². The molecule has 2 saturated heterocycles. The summed E-state index contributed by atoms with van der Waals surface area (Å²) in [4.78, 5) is 22.8. The minimum Gasteiger partial charge on any atom is -0.375 e. The van der Waals surface area contributed by atoms with E-state index >= 15 is 0 Å². The van der Waals surface area contributed by atoms with E-state index in [0.717, 1.165) is 12.8 Å². The van der Waals surface area contributed by atoms with E-state index in [0.29, 0.717) is 26.1 Å². The fourth-order valence-electron chi connectivity index (χ4n) is 3.11. The lowest BCUT2D eigenvalue weighted by atomic mass is 9.93. The number of hydrogen-bond donors (Lipinski definition) is 0. The SMILES string of the molecule is C=CCC(=O)C1COC(C)(C)C1.C=CCC(=O)[C@H]1COC(C)(C)C1. The van der Waals surface area contributed by atoms with Gasteiger partial charge in [0.1, 0.15) is 11.6 Å². The second-order valence-corrected chi connectivity index (χ2v) is 7.86. The molecule has 0 aromatic heterocycles. The largest absolute Gasteiger partial charge is 0.375 e. The van der Waals surface area contributed by atoms with Gasteiger partial charge in [0, 0.05) is 24.7 Å². The molecule has 0 spiro atoms. The number of rotatable bonds is 6. The molecule has 24 heavy (non-hydrogen) atoms. The van der Waals surface area contributed by atoms with Crippen molar-refractivity contribution in [1.29, 1.82) is 0 Å². The Hall–Kier alpha value is -1.26. The summed E-state index contributed by atoms with van der Waals surface area (Å²) in [6.07, 6.45) is 5.97. The van der Waals surface area contributed by atoms with E-state index in [1.165, 1.54) is 0 Å². The van der Waals surface area contributed by atoms with E-state index in [2.05, 4.69) is 13.2 Å². The Labute approximate surface area is 146 Å². The van der Waals surface area contributed by atoms with Gasteiger partial charge in [-0.15, -0.1) is 13.2 Å². The first kappa shape index (κ1) is 20.8. The molecular weight excluding hydrogens is 304 g/mol. The average molecular weight is 336 g/mol. The molecule has 0 aliphatic carbocycles. The molecule has 4 heteroatoms. The van der Waals surface area contributed by atoms with Crippen molar-refractivity contribution in [1.82, 2.24) is 0 Å². The molecule has 0 N–H and O–H groups in total. The van der Waals surface area contributed by atoms with Crippen molar-refractivity contribution >= 4 is 11.6 Å². The van der Waals surface area contributed by atoms with Crippen molar-refractivity contribution in [2.75, 3.05) is 13.2 Å². The van der Waals surface area contributed by atoms with Gasteiger partial charge in [0.25, 0.3) is 0 Å². The smallest absolute Gasteiger partial charge is 0.142 e. The number of ether oxygens (including phenoxy) is 2. The van der Waals surface area contributed by atoms with Crippen LogP contribution in [-0.4, -0.2) is 36.0 Å². The Morgan fingerprint density at radius 2 is 1.21 bits per heavy atom. The highest BCUT2D eigenvalue weighted by molar-refractivity contribution is 5.83. The predicted octanol–water partition coefficient (Wildman–Crippen LogP) is 3.89. The summed E-state index contributed by atoms with van der Waals surface area (Å²) in [5.41, 5.74) is -0.219. The lowest BCUT2D eigenvalue weighted by Crippen LogP contribution is -2.18. The number of Topliss-reactive ketones (excluding diaryl/α,β-unsaturated/α-hetero) is 2. The molecular formula is C20H32O4. The van der Waals surface area contributed by atoms with Gasteiger partial charge in [-0.05, 0) is 40.5 Å². The molecule has 2 atom stereocenters. The molecule has 2 heterocycles. The van der Waals surface area contributed by atoms with E-state index in [4.69, 9.17) is 9.47 Å². The highest BCUT2D eigenvalue weighted by Gasteiger charge is 2.35. The van der Waals surface area contributed by atoms with Crippen molar-refractivity contribution in [3.05, 3.63) is 25.3 Å². The summed E-state index contributed by atoms with van der Waals surface area (Å²) >= 11 is 0. The maximum atomic E-state index is 11.4. The van der Waals surface area contributed by atoms with Gasteiger partial charge in [-0.2, -0.15) is 0 Å². The molecule has 4 nitrogen and oxygen atoms in total.